The molecule has 21 heavy (non-hydrogen) atoms. The summed E-state index contributed by atoms with van der Waals surface area (Å²) in [6, 6.07) is 4.77. The van der Waals surface area contributed by atoms with E-state index in [1.165, 1.54) is 6.07 Å². The second-order valence-corrected chi connectivity index (χ2v) is 7.30. The molecule has 0 bridgehead atoms. The van der Waals surface area contributed by atoms with Gasteiger partial charge in [-0.2, -0.15) is 0 Å². The number of carboxylic acids is 1. The van der Waals surface area contributed by atoms with Crippen molar-refractivity contribution in [3.63, 3.8) is 0 Å². The average Bonchev–Trinajstić information content (AvgIpc) is 2.35. The highest BCUT2D eigenvalue weighted by atomic mass is 35.5. The van der Waals surface area contributed by atoms with E-state index in [9.17, 15) is 13.2 Å². The first-order chi connectivity index (χ1) is 9.72. The molecule has 0 heterocycles. The van der Waals surface area contributed by atoms with Crippen molar-refractivity contribution in [2.45, 2.75) is 38.0 Å². The fraction of sp³-hybridized carbons (Fsp3) is 0.500. The van der Waals surface area contributed by atoms with E-state index in [0.29, 0.717) is 12.8 Å². The van der Waals surface area contributed by atoms with Crippen molar-refractivity contribution < 1.29 is 18.3 Å². The van der Waals surface area contributed by atoms with Crippen LogP contribution in [-0.4, -0.2) is 26.0 Å². The van der Waals surface area contributed by atoms with E-state index in [1.54, 1.807) is 12.1 Å². The Balaban J connectivity index is 2.55. The predicted octanol–water partition coefficient (Wildman–Crippen LogP) is 2.82. The molecule has 0 aliphatic carbocycles. The fourth-order valence-electron chi connectivity index (χ4n) is 1.86. The number of aryl methyl sites for hydroxylation is 1. The molecular formula is C14H20ClNO4S. The molecule has 1 rings (SSSR count). The van der Waals surface area contributed by atoms with Crippen molar-refractivity contribution in [2.75, 3.05) is 6.54 Å². The molecule has 7 heteroatoms. The molecule has 5 nitrogen and oxygen atoms in total. The third kappa shape index (κ3) is 6.03. The first kappa shape index (κ1) is 17.9. The van der Waals surface area contributed by atoms with Gasteiger partial charge in [0.05, 0.1) is 5.02 Å². The Kier molecular flexibility index (Phi) is 6.64. The van der Waals surface area contributed by atoms with Gasteiger partial charge in [0.1, 0.15) is 4.90 Å². The summed E-state index contributed by atoms with van der Waals surface area (Å²) in [5.74, 6) is -0.703. The summed E-state index contributed by atoms with van der Waals surface area (Å²) in [4.78, 5) is 10.5. The van der Waals surface area contributed by atoms with E-state index in [0.717, 1.165) is 5.56 Å². The van der Waals surface area contributed by atoms with Gasteiger partial charge >= 0.3 is 5.97 Å². The smallest absolute Gasteiger partial charge is 0.303 e. The number of halogens is 1. The molecule has 2 N–H and O–H groups in total. The number of carboxylic acid groups (broad SMARTS) is 1. The standard InChI is InChI=1S/C14H20ClNO4S/c1-10(4-6-14(17)18)7-8-16-21(19,20)13-5-3-11(2)9-12(13)15/h3,5,9-10,16H,4,6-8H2,1-2H3,(H,17,18). The van der Waals surface area contributed by atoms with Crippen molar-refractivity contribution in [3.05, 3.63) is 28.8 Å². The van der Waals surface area contributed by atoms with Crippen molar-refractivity contribution in [1.82, 2.24) is 4.72 Å². The summed E-state index contributed by atoms with van der Waals surface area (Å²) >= 11 is 5.96. The zero-order valence-corrected chi connectivity index (χ0v) is 13.7. The van der Waals surface area contributed by atoms with Gasteiger partial charge in [-0.1, -0.05) is 24.6 Å². The third-order valence-electron chi connectivity index (χ3n) is 3.16. The Bertz CT molecular complexity index is 601. The van der Waals surface area contributed by atoms with Gasteiger partial charge in [0.25, 0.3) is 0 Å². The molecule has 0 amide bonds. The SMILES string of the molecule is Cc1ccc(S(=O)(=O)NCCC(C)CCC(=O)O)c(Cl)c1. The summed E-state index contributed by atoms with van der Waals surface area (Å²) in [6.07, 6.45) is 1.20. The Hall–Kier alpha value is -1.11. The lowest BCUT2D eigenvalue weighted by molar-refractivity contribution is -0.137. The van der Waals surface area contributed by atoms with Gasteiger partial charge in [-0.05, 0) is 43.4 Å². The minimum atomic E-state index is -3.63. The lowest BCUT2D eigenvalue weighted by Gasteiger charge is -2.12. The van der Waals surface area contributed by atoms with Crippen LogP contribution in [0.3, 0.4) is 0 Å². The second-order valence-electron chi connectivity index (χ2n) is 5.16. The van der Waals surface area contributed by atoms with Crippen LogP contribution in [0.15, 0.2) is 23.1 Å². The molecule has 0 spiro atoms. The number of benzene rings is 1. The van der Waals surface area contributed by atoms with E-state index < -0.39 is 16.0 Å². The highest BCUT2D eigenvalue weighted by Gasteiger charge is 2.17. The van der Waals surface area contributed by atoms with Gasteiger partial charge in [-0.15, -0.1) is 0 Å². The van der Waals surface area contributed by atoms with E-state index >= 15 is 0 Å². The molecule has 1 aromatic carbocycles. The van der Waals surface area contributed by atoms with Gasteiger partial charge < -0.3 is 5.11 Å². The van der Waals surface area contributed by atoms with Crippen LogP contribution in [0.25, 0.3) is 0 Å². The number of hydrogen-bond donors (Lipinski definition) is 2. The molecule has 1 aromatic rings. The van der Waals surface area contributed by atoms with Crippen LogP contribution in [0.5, 0.6) is 0 Å². The zero-order valence-electron chi connectivity index (χ0n) is 12.1. The largest absolute Gasteiger partial charge is 0.481 e. The molecule has 0 fully saturated rings. The Morgan fingerprint density at radius 2 is 2.05 bits per heavy atom. The van der Waals surface area contributed by atoms with Gasteiger partial charge in [-0.25, -0.2) is 13.1 Å². The molecule has 0 aliphatic heterocycles. The summed E-state index contributed by atoms with van der Waals surface area (Å²) in [6.45, 7) is 3.99. The van der Waals surface area contributed by atoms with Crippen LogP contribution >= 0.6 is 11.6 Å². The number of rotatable bonds is 8. The number of aliphatic carboxylic acids is 1. The summed E-state index contributed by atoms with van der Waals surface area (Å²) in [5, 5.41) is 8.79. The quantitative estimate of drug-likeness (QED) is 0.766. The average molecular weight is 334 g/mol. The van der Waals surface area contributed by atoms with Gasteiger partial charge in [0, 0.05) is 13.0 Å². The van der Waals surface area contributed by atoms with Crippen molar-refractivity contribution in [2.24, 2.45) is 5.92 Å². The van der Waals surface area contributed by atoms with Crippen LogP contribution in [0.1, 0.15) is 31.7 Å². The van der Waals surface area contributed by atoms with E-state index in [-0.39, 0.29) is 28.8 Å². The second kappa shape index (κ2) is 7.77. The number of nitrogens with one attached hydrogen (secondary N) is 1. The molecule has 118 valence electrons. The van der Waals surface area contributed by atoms with E-state index in [2.05, 4.69) is 4.72 Å². The van der Waals surface area contributed by atoms with Crippen molar-refractivity contribution in [1.29, 1.82) is 0 Å². The number of hydrogen-bond acceptors (Lipinski definition) is 3. The van der Waals surface area contributed by atoms with Crippen LogP contribution in [-0.2, 0) is 14.8 Å². The van der Waals surface area contributed by atoms with E-state index in [1.807, 2.05) is 13.8 Å². The molecular weight excluding hydrogens is 314 g/mol. The maximum absolute atomic E-state index is 12.1. The lowest BCUT2D eigenvalue weighted by atomic mass is 10.0. The van der Waals surface area contributed by atoms with Crippen LogP contribution in [0.4, 0.5) is 0 Å². The monoisotopic (exact) mass is 333 g/mol. The molecule has 0 aromatic heterocycles. The predicted molar refractivity (Wildman–Crippen MR) is 82.0 cm³/mol. The van der Waals surface area contributed by atoms with Gasteiger partial charge in [0.15, 0.2) is 0 Å². The van der Waals surface area contributed by atoms with Gasteiger partial charge in [-0.3, -0.25) is 4.79 Å². The molecule has 0 radical (unpaired) electrons. The van der Waals surface area contributed by atoms with Crippen LogP contribution < -0.4 is 4.72 Å². The van der Waals surface area contributed by atoms with Crippen molar-refractivity contribution in [3.8, 4) is 0 Å². The van der Waals surface area contributed by atoms with E-state index in [4.69, 9.17) is 16.7 Å². The zero-order chi connectivity index (χ0) is 16.0. The Labute approximate surface area is 130 Å². The molecule has 1 unspecified atom stereocenters. The van der Waals surface area contributed by atoms with Crippen LogP contribution in [0.2, 0.25) is 5.02 Å². The first-order valence-corrected chi connectivity index (χ1v) is 8.56. The Morgan fingerprint density at radius 3 is 2.62 bits per heavy atom. The third-order valence-corrected chi connectivity index (χ3v) is 5.10. The molecule has 0 saturated carbocycles. The van der Waals surface area contributed by atoms with Gasteiger partial charge in [0.2, 0.25) is 10.0 Å². The number of sulfonamides is 1. The topological polar surface area (TPSA) is 83.5 Å². The first-order valence-electron chi connectivity index (χ1n) is 6.70. The summed E-state index contributed by atoms with van der Waals surface area (Å²) < 4.78 is 26.7. The number of carbonyl (C=O) groups is 1. The molecule has 0 saturated heterocycles. The maximum atomic E-state index is 12.1. The normalized spacial score (nSPS) is 13.1. The molecule has 1 atom stereocenters. The maximum Gasteiger partial charge on any atom is 0.303 e. The highest BCUT2D eigenvalue weighted by Crippen LogP contribution is 2.22. The fourth-order valence-corrected chi connectivity index (χ4v) is 3.50. The van der Waals surface area contributed by atoms with Crippen molar-refractivity contribution >= 4 is 27.6 Å². The highest BCUT2D eigenvalue weighted by molar-refractivity contribution is 7.89. The Morgan fingerprint density at radius 1 is 1.38 bits per heavy atom. The van der Waals surface area contributed by atoms with Crippen LogP contribution in [0, 0.1) is 12.8 Å². The molecule has 0 aliphatic rings. The summed E-state index contributed by atoms with van der Waals surface area (Å²) in [5.41, 5.74) is 0.890. The lowest BCUT2D eigenvalue weighted by Crippen LogP contribution is -2.26. The minimum Gasteiger partial charge on any atom is -0.481 e. The summed E-state index contributed by atoms with van der Waals surface area (Å²) in [7, 11) is -3.63. The minimum absolute atomic E-state index is 0.0629.